The maximum atomic E-state index is 12.4. The largest absolute Gasteiger partial charge is 0.517 e. The van der Waals surface area contributed by atoms with Crippen molar-refractivity contribution in [1.82, 2.24) is 5.32 Å². The lowest BCUT2D eigenvalue weighted by atomic mass is 10.3. The summed E-state index contributed by atoms with van der Waals surface area (Å²) in [6.45, 7) is 22.1. The Balaban J connectivity index is 4.23. The van der Waals surface area contributed by atoms with Crippen LogP contribution in [0.25, 0.3) is 0 Å². The van der Waals surface area contributed by atoms with E-state index in [0.29, 0.717) is 23.2 Å². The van der Waals surface area contributed by atoms with Crippen LogP contribution in [-0.2, 0) is 13.6 Å². The first kappa shape index (κ1) is 25.8. The standard InChI is InChI=1S/C20H45NO3Si2/c1-10-14-23-25(8,9)15-12-11-13-21-16-20(22)24-26(17(2)3,18(4)5)19(6)7/h17-19,21H,10-16H2,1-9H3. The van der Waals surface area contributed by atoms with Gasteiger partial charge in [0.15, 0.2) is 8.32 Å². The quantitative estimate of drug-likeness (QED) is 0.298. The Kier molecular flexibility index (Phi) is 12.2. The second-order valence-electron chi connectivity index (χ2n) is 9.03. The van der Waals surface area contributed by atoms with Gasteiger partial charge in [-0.05, 0) is 55.1 Å². The Morgan fingerprint density at radius 2 is 1.50 bits per heavy atom. The molecule has 0 aliphatic heterocycles. The summed E-state index contributed by atoms with van der Waals surface area (Å²) >= 11 is 0. The molecule has 0 bridgehead atoms. The van der Waals surface area contributed by atoms with Gasteiger partial charge in [0.1, 0.15) is 0 Å². The van der Waals surface area contributed by atoms with Crippen LogP contribution in [0.1, 0.15) is 67.7 Å². The fourth-order valence-corrected chi connectivity index (χ4v) is 11.2. The molecule has 26 heavy (non-hydrogen) atoms. The van der Waals surface area contributed by atoms with E-state index in [1.807, 2.05) is 0 Å². The highest BCUT2D eigenvalue weighted by molar-refractivity contribution is 6.78. The molecule has 0 amide bonds. The Morgan fingerprint density at radius 3 is 1.96 bits per heavy atom. The molecule has 0 aromatic rings. The van der Waals surface area contributed by atoms with Crippen LogP contribution in [0.15, 0.2) is 0 Å². The highest BCUT2D eigenvalue weighted by Crippen LogP contribution is 2.42. The highest BCUT2D eigenvalue weighted by Gasteiger charge is 2.48. The van der Waals surface area contributed by atoms with E-state index in [1.54, 1.807) is 0 Å². The highest BCUT2D eigenvalue weighted by atomic mass is 28.4. The maximum absolute atomic E-state index is 12.4. The number of unbranched alkanes of at least 4 members (excludes halogenated alkanes) is 1. The molecule has 0 aromatic heterocycles. The average Bonchev–Trinajstić information content (AvgIpc) is 2.52. The van der Waals surface area contributed by atoms with Crippen molar-refractivity contribution >= 4 is 22.6 Å². The van der Waals surface area contributed by atoms with E-state index in [0.717, 1.165) is 32.4 Å². The molecule has 0 aliphatic rings. The summed E-state index contributed by atoms with van der Waals surface area (Å²) in [6, 6.07) is 1.18. The SMILES string of the molecule is CCCO[Si](C)(C)CCCCNCC(=O)O[Si](C(C)C)(C(C)C)C(C)C. The zero-order chi connectivity index (χ0) is 20.4. The number of carbonyl (C=O) groups excluding carboxylic acids is 1. The molecule has 0 spiro atoms. The molecule has 0 saturated carbocycles. The Morgan fingerprint density at radius 1 is 0.962 bits per heavy atom. The first-order valence-corrected chi connectivity index (χ1v) is 15.8. The summed E-state index contributed by atoms with van der Waals surface area (Å²) in [7, 11) is -3.59. The predicted octanol–water partition coefficient (Wildman–Crippen LogP) is 5.71. The second-order valence-corrected chi connectivity index (χ2v) is 18.7. The molecule has 0 aliphatic carbocycles. The molecule has 0 heterocycles. The molecule has 0 unspecified atom stereocenters. The smallest absolute Gasteiger partial charge is 0.306 e. The van der Waals surface area contributed by atoms with Gasteiger partial charge in [0.25, 0.3) is 8.32 Å². The van der Waals surface area contributed by atoms with Crippen LogP contribution in [0.3, 0.4) is 0 Å². The van der Waals surface area contributed by atoms with Crippen molar-refractivity contribution < 1.29 is 13.6 Å². The van der Waals surface area contributed by atoms with E-state index in [2.05, 4.69) is 66.9 Å². The van der Waals surface area contributed by atoms with Crippen LogP contribution >= 0.6 is 0 Å². The van der Waals surface area contributed by atoms with E-state index in [9.17, 15) is 4.79 Å². The number of carbonyl (C=O) groups is 1. The van der Waals surface area contributed by atoms with Gasteiger partial charge in [-0.15, -0.1) is 0 Å². The van der Waals surface area contributed by atoms with Crippen LogP contribution in [-0.4, -0.2) is 42.3 Å². The maximum Gasteiger partial charge on any atom is 0.306 e. The van der Waals surface area contributed by atoms with Gasteiger partial charge in [0, 0.05) is 6.61 Å². The van der Waals surface area contributed by atoms with Crippen LogP contribution in [0.4, 0.5) is 0 Å². The summed E-state index contributed by atoms with van der Waals surface area (Å²) in [6.07, 6.45) is 3.34. The molecular formula is C20H45NO3Si2. The van der Waals surface area contributed by atoms with Crippen LogP contribution < -0.4 is 5.32 Å². The first-order chi connectivity index (χ1) is 12.0. The van der Waals surface area contributed by atoms with Gasteiger partial charge in [-0.1, -0.05) is 54.9 Å². The number of hydrogen-bond donors (Lipinski definition) is 1. The molecule has 0 rings (SSSR count). The molecule has 0 saturated heterocycles. The third kappa shape index (κ3) is 8.67. The number of hydrogen-bond acceptors (Lipinski definition) is 4. The van der Waals surface area contributed by atoms with Crippen LogP contribution in [0.5, 0.6) is 0 Å². The van der Waals surface area contributed by atoms with Gasteiger partial charge < -0.3 is 14.2 Å². The number of nitrogens with one attached hydrogen (secondary N) is 1. The molecule has 6 heteroatoms. The van der Waals surface area contributed by atoms with E-state index < -0.39 is 16.6 Å². The third-order valence-electron chi connectivity index (χ3n) is 5.35. The lowest BCUT2D eigenvalue weighted by Crippen LogP contribution is -2.50. The molecule has 0 aromatic carbocycles. The van der Waals surface area contributed by atoms with Crippen LogP contribution in [0, 0.1) is 0 Å². The van der Waals surface area contributed by atoms with Gasteiger partial charge in [-0.2, -0.15) is 0 Å². The molecule has 1 N–H and O–H groups in total. The van der Waals surface area contributed by atoms with Crippen molar-refractivity contribution in [3.05, 3.63) is 0 Å². The minimum Gasteiger partial charge on any atom is -0.517 e. The van der Waals surface area contributed by atoms with Crippen molar-refractivity contribution in [1.29, 1.82) is 0 Å². The van der Waals surface area contributed by atoms with E-state index >= 15 is 0 Å². The minimum atomic E-state index is -2.10. The van der Waals surface area contributed by atoms with Crippen molar-refractivity contribution in [2.24, 2.45) is 0 Å². The summed E-state index contributed by atoms with van der Waals surface area (Å²) in [5.41, 5.74) is 1.30. The fourth-order valence-electron chi connectivity index (χ4n) is 4.03. The fraction of sp³-hybridized carbons (Fsp3) is 0.950. The molecule has 4 nitrogen and oxygen atoms in total. The minimum absolute atomic E-state index is 0.0752. The van der Waals surface area contributed by atoms with Gasteiger partial charge in [-0.3, -0.25) is 4.79 Å². The third-order valence-corrected chi connectivity index (χ3v) is 13.9. The van der Waals surface area contributed by atoms with Gasteiger partial charge in [0.05, 0.1) is 6.54 Å². The molecular weight excluding hydrogens is 358 g/mol. The zero-order valence-electron chi connectivity index (χ0n) is 18.9. The molecule has 0 radical (unpaired) electrons. The van der Waals surface area contributed by atoms with E-state index in [-0.39, 0.29) is 5.97 Å². The van der Waals surface area contributed by atoms with Crippen molar-refractivity contribution in [2.75, 3.05) is 19.7 Å². The molecule has 156 valence electrons. The van der Waals surface area contributed by atoms with Gasteiger partial charge in [-0.25, -0.2) is 0 Å². The normalized spacial score (nSPS) is 13.1. The second kappa shape index (κ2) is 12.3. The molecule has 0 atom stereocenters. The van der Waals surface area contributed by atoms with E-state index in [1.165, 1.54) is 6.04 Å². The summed E-state index contributed by atoms with van der Waals surface area (Å²) in [4.78, 5) is 12.4. The van der Waals surface area contributed by atoms with E-state index in [4.69, 9.17) is 8.85 Å². The van der Waals surface area contributed by atoms with Crippen molar-refractivity contribution in [2.45, 2.75) is 103 Å². The summed E-state index contributed by atoms with van der Waals surface area (Å²) < 4.78 is 12.1. The lowest BCUT2D eigenvalue weighted by Gasteiger charge is -2.41. The topological polar surface area (TPSA) is 47.6 Å². The van der Waals surface area contributed by atoms with Gasteiger partial charge >= 0.3 is 5.97 Å². The Labute approximate surface area is 165 Å². The monoisotopic (exact) mass is 403 g/mol. The Hall–Kier alpha value is -0.176. The van der Waals surface area contributed by atoms with Crippen molar-refractivity contribution in [3.8, 4) is 0 Å². The zero-order valence-corrected chi connectivity index (χ0v) is 20.9. The molecule has 0 fully saturated rings. The Bertz CT molecular complexity index is 377. The summed E-state index contributed by atoms with van der Waals surface area (Å²) in [5.74, 6) is -0.0752. The predicted molar refractivity (Wildman–Crippen MR) is 118 cm³/mol. The number of rotatable bonds is 14. The van der Waals surface area contributed by atoms with Gasteiger partial charge in [0.2, 0.25) is 0 Å². The van der Waals surface area contributed by atoms with Crippen molar-refractivity contribution in [3.63, 3.8) is 0 Å². The lowest BCUT2D eigenvalue weighted by molar-refractivity contribution is -0.134. The first-order valence-electron chi connectivity index (χ1n) is 10.6. The van der Waals surface area contributed by atoms with Crippen LogP contribution in [0.2, 0.25) is 35.8 Å². The average molecular weight is 404 g/mol. The summed E-state index contributed by atoms with van der Waals surface area (Å²) in [5, 5.41) is 3.28.